The largest absolute Gasteiger partial charge is 0.394 e. The quantitative estimate of drug-likeness (QED) is 0.852. The van der Waals surface area contributed by atoms with Gasteiger partial charge in [-0.2, -0.15) is 0 Å². The van der Waals surface area contributed by atoms with Crippen LogP contribution in [0.2, 0.25) is 5.15 Å². The van der Waals surface area contributed by atoms with Gasteiger partial charge in [0, 0.05) is 18.5 Å². The van der Waals surface area contributed by atoms with Crippen LogP contribution in [0.5, 0.6) is 0 Å². The number of hydrogen-bond acceptors (Lipinski definition) is 5. The Morgan fingerprint density at radius 2 is 2.26 bits per heavy atom. The van der Waals surface area contributed by atoms with E-state index in [-0.39, 0.29) is 12.6 Å². The van der Waals surface area contributed by atoms with Gasteiger partial charge >= 0.3 is 0 Å². The summed E-state index contributed by atoms with van der Waals surface area (Å²) in [7, 11) is 0. The van der Waals surface area contributed by atoms with Crippen LogP contribution >= 0.6 is 11.6 Å². The Hall–Kier alpha value is -0.910. The average Bonchev–Trinajstić information content (AvgIpc) is 2.43. The SMILES string of the molecule is CCCc1nc(Cl)c(C)c(N2CCOCC2CO)n1. The van der Waals surface area contributed by atoms with E-state index in [2.05, 4.69) is 21.8 Å². The summed E-state index contributed by atoms with van der Waals surface area (Å²) in [6.07, 6.45) is 1.78. The van der Waals surface area contributed by atoms with E-state index >= 15 is 0 Å². The number of anilines is 1. The maximum atomic E-state index is 9.46. The van der Waals surface area contributed by atoms with E-state index in [1.54, 1.807) is 0 Å². The van der Waals surface area contributed by atoms with Gasteiger partial charge in [0.2, 0.25) is 0 Å². The van der Waals surface area contributed by atoms with Gasteiger partial charge in [-0.05, 0) is 13.3 Å². The van der Waals surface area contributed by atoms with Crippen LogP contribution < -0.4 is 4.90 Å². The van der Waals surface area contributed by atoms with Gasteiger partial charge in [0.1, 0.15) is 16.8 Å². The van der Waals surface area contributed by atoms with E-state index in [0.717, 1.165) is 30.0 Å². The highest BCUT2D eigenvalue weighted by Gasteiger charge is 2.26. The second-order valence-corrected chi connectivity index (χ2v) is 5.09. The summed E-state index contributed by atoms with van der Waals surface area (Å²) in [6.45, 7) is 5.91. The zero-order chi connectivity index (χ0) is 13.8. The van der Waals surface area contributed by atoms with Gasteiger partial charge in [-0.15, -0.1) is 0 Å². The number of aliphatic hydroxyl groups excluding tert-OH is 1. The summed E-state index contributed by atoms with van der Waals surface area (Å²) in [4.78, 5) is 11.0. The highest BCUT2D eigenvalue weighted by atomic mass is 35.5. The molecule has 1 fully saturated rings. The van der Waals surface area contributed by atoms with Crippen molar-refractivity contribution < 1.29 is 9.84 Å². The van der Waals surface area contributed by atoms with Crippen molar-refractivity contribution in [2.75, 3.05) is 31.3 Å². The van der Waals surface area contributed by atoms with Crippen LogP contribution in [-0.4, -0.2) is 47.5 Å². The molecule has 1 N–H and O–H groups in total. The summed E-state index contributed by atoms with van der Waals surface area (Å²) in [5.41, 5.74) is 0.863. The van der Waals surface area contributed by atoms with Crippen LogP contribution in [0.4, 0.5) is 5.82 Å². The van der Waals surface area contributed by atoms with Crippen molar-refractivity contribution in [3.8, 4) is 0 Å². The van der Waals surface area contributed by atoms with E-state index in [1.165, 1.54) is 0 Å². The number of aryl methyl sites for hydroxylation is 1. The number of halogens is 1. The fourth-order valence-corrected chi connectivity index (χ4v) is 2.40. The topological polar surface area (TPSA) is 58.5 Å². The van der Waals surface area contributed by atoms with Crippen LogP contribution in [0.3, 0.4) is 0 Å². The number of morpholine rings is 1. The minimum Gasteiger partial charge on any atom is -0.394 e. The lowest BCUT2D eigenvalue weighted by molar-refractivity contribution is 0.0722. The fourth-order valence-electron chi connectivity index (χ4n) is 2.22. The highest BCUT2D eigenvalue weighted by molar-refractivity contribution is 6.30. The van der Waals surface area contributed by atoms with Crippen molar-refractivity contribution in [3.05, 3.63) is 16.5 Å². The van der Waals surface area contributed by atoms with Gasteiger partial charge in [0.05, 0.1) is 25.9 Å². The molecule has 0 saturated carbocycles. The first-order valence-corrected chi connectivity index (χ1v) is 7.03. The Bertz CT molecular complexity index is 442. The molecule has 1 aliphatic rings. The number of ether oxygens (including phenoxy) is 1. The lowest BCUT2D eigenvalue weighted by Crippen LogP contribution is -2.48. The second-order valence-electron chi connectivity index (χ2n) is 4.73. The molecule has 1 aliphatic heterocycles. The first-order chi connectivity index (χ1) is 9.17. The second kappa shape index (κ2) is 6.50. The molecule has 19 heavy (non-hydrogen) atoms. The molecule has 5 nitrogen and oxygen atoms in total. The number of hydrogen-bond donors (Lipinski definition) is 1. The van der Waals surface area contributed by atoms with Crippen LogP contribution in [-0.2, 0) is 11.2 Å². The Labute approximate surface area is 118 Å². The van der Waals surface area contributed by atoms with Crippen LogP contribution in [0, 0.1) is 6.92 Å². The Morgan fingerprint density at radius 1 is 1.47 bits per heavy atom. The van der Waals surface area contributed by atoms with Crippen molar-refractivity contribution in [2.24, 2.45) is 0 Å². The van der Waals surface area contributed by atoms with Crippen LogP contribution in [0.25, 0.3) is 0 Å². The van der Waals surface area contributed by atoms with Gasteiger partial charge in [0.15, 0.2) is 0 Å². The number of aromatic nitrogens is 2. The fraction of sp³-hybridized carbons (Fsp3) is 0.692. The third-order valence-electron chi connectivity index (χ3n) is 3.29. The first kappa shape index (κ1) is 14.5. The summed E-state index contributed by atoms with van der Waals surface area (Å²) < 4.78 is 5.39. The molecular weight excluding hydrogens is 266 g/mol. The molecule has 1 saturated heterocycles. The minimum absolute atomic E-state index is 0.0458. The number of nitrogens with zero attached hydrogens (tertiary/aromatic N) is 3. The van der Waals surface area contributed by atoms with Gasteiger partial charge in [-0.25, -0.2) is 9.97 Å². The molecule has 106 valence electrons. The smallest absolute Gasteiger partial charge is 0.137 e. The lowest BCUT2D eigenvalue weighted by Gasteiger charge is -2.36. The van der Waals surface area contributed by atoms with E-state index in [1.807, 2.05) is 6.92 Å². The summed E-state index contributed by atoms with van der Waals surface area (Å²) in [5.74, 6) is 1.59. The standard InChI is InChI=1S/C13H20ClN3O2/c1-3-4-11-15-12(14)9(2)13(16-11)17-5-6-19-8-10(17)7-18/h10,18H,3-8H2,1-2H3. The lowest BCUT2D eigenvalue weighted by atomic mass is 10.2. The van der Waals surface area contributed by atoms with Gasteiger partial charge in [-0.3, -0.25) is 0 Å². The average molecular weight is 286 g/mol. The Kier molecular flexibility index (Phi) is 4.96. The molecule has 0 bridgehead atoms. The van der Waals surface area contributed by atoms with E-state index in [4.69, 9.17) is 16.3 Å². The molecule has 1 aromatic heterocycles. The zero-order valence-corrected chi connectivity index (χ0v) is 12.2. The van der Waals surface area contributed by atoms with Crippen molar-refractivity contribution >= 4 is 17.4 Å². The molecule has 0 radical (unpaired) electrons. The van der Waals surface area contributed by atoms with Gasteiger partial charge in [0.25, 0.3) is 0 Å². The summed E-state index contributed by atoms with van der Waals surface area (Å²) in [6, 6.07) is -0.0621. The molecule has 1 atom stereocenters. The summed E-state index contributed by atoms with van der Waals surface area (Å²) in [5, 5.41) is 9.95. The van der Waals surface area contributed by atoms with E-state index < -0.39 is 0 Å². The van der Waals surface area contributed by atoms with E-state index in [0.29, 0.717) is 24.9 Å². The molecule has 1 unspecified atom stereocenters. The zero-order valence-electron chi connectivity index (χ0n) is 11.4. The summed E-state index contributed by atoms with van der Waals surface area (Å²) >= 11 is 6.19. The Balaban J connectivity index is 2.35. The normalized spacial score (nSPS) is 19.8. The predicted molar refractivity (Wildman–Crippen MR) is 74.8 cm³/mol. The van der Waals surface area contributed by atoms with Crippen molar-refractivity contribution in [1.82, 2.24) is 9.97 Å². The maximum absolute atomic E-state index is 9.46. The van der Waals surface area contributed by atoms with Crippen molar-refractivity contribution in [1.29, 1.82) is 0 Å². The highest BCUT2D eigenvalue weighted by Crippen LogP contribution is 2.26. The third-order valence-corrected chi connectivity index (χ3v) is 3.66. The Morgan fingerprint density at radius 3 is 2.95 bits per heavy atom. The molecule has 6 heteroatoms. The third kappa shape index (κ3) is 3.16. The monoisotopic (exact) mass is 285 g/mol. The predicted octanol–water partition coefficient (Wildman–Crippen LogP) is 1.59. The number of rotatable bonds is 4. The number of aliphatic hydroxyl groups is 1. The molecular formula is C13H20ClN3O2. The van der Waals surface area contributed by atoms with Crippen LogP contribution in [0.1, 0.15) is 24.7 Å². The first-order valence-electron chi connectivity index (χ1n) is 6.65. The molecule has 1 aromatic rings. The van der Waals surface area contributed by atoms with Crippen molar-refractivity contribution in [3.63, 3.8) is 0 Å². The van der Waals surface area contributed by atoms with E-state index in [9.17, 15) is 5.11 Å². The van der Waals surface area contributed by atoms with Gasteiger partial charge in [-0.1, -0.05) is 18.5 Å². The van der Waals surface area contributed by atoms with Crippen molar-refractivity contribution in [2.45, 2.75) is 32.7 Å². The maximum Gasteiger partial charge on any atom is 0.137 e. The minimum atomic E-state index is -0.0621. The molecule has 0 aliphatic carbocycles. The van der Waals surface area contributed by atoms with Crippen LogP contribution in [0.15, 0.2) is 0 Å². The molecule has 0 aromatic carbocycles. The molecule has 0 amide bonds. The van der Waals surface area contributed by atoms with Gasteiger partial charge < -0.3 is 14.7 Å². The molecule has 2 rings (SSSR count). The molecule has 2 heterocycles. The molecule has 0 spiro atoms.